The summed E-state index contributed by atoms with van der Waals surface area (Å²) >= 11 is 0. The molecule has 0 aromatic rings. The Bertz CT molecular complexity index is 265. The number of methoxy groups -OCH3 is 1. The number of ether oxygens (including phenoxy) is 4. The first-order chi connectivity index (χ1) is 9.38. The third-order valence-electron chi connectivity index (χ3n) is 2.26. The number of hydrogen-bond acceptors (Lipinski definition) is 6. The molecule has 0 aliphatic rings. The van der Waals surface area contributed by atoms with E-state index in [1.807, 2.05) is 0 Å². The van der Waals surface area contributed by atoms with Crippen LogP contribution in [-0.2, 0) is 28.5 Å². The van der Waals surface area contributed by atoms with E-state index in [-0.39, 0.29) is 25.2 Å². The van der Waals surface area contributed by atoms with Crippen LogP contribution in [0.15, 0.2) is 0 Å². The first kappa shape index (κ1) is 18.9. The maximum atomic E-state index is 11.9. The lowest BCUT2D eigenvalue weighted by Crippen LogP contribution is -2.32. The van der Waals surface area contributed by atoms with Gasteiger partial charge in [0, 0.05) is 13.7 Å². The van der Waals surface area contributed by atoms with E-state index in [1.165, 1.54) is 0 Å². The van der Waals surface area contributed by atoms with Crippen molar-refractivity contribution in [2.75, 3.05) is 26.9 Å². The Morgan fingerprint density at radius 1 is 0.850 bits per heavy atom. The standard InChI is InChI=1S/C14H26O6/c1-10(2)19-13(15)12(14(16)20-11(3)4)6-7-18-9-8-17-5/h10-12H,6-9H2,1-5H3. The number of esters is 2. The van der Waals surface area contributed by atoms with Crippen LogP contribution in [0.2, 0.25) is 0 Å². The van der Waals surface area contributed by atoms with Crippen molar-refractivity contribution in [1.29, 1.82) is 0 Å². The fraction of sp³-hybridized carbons (Fsp3) is 0.857. The van der Waals surface area contributed by atoms with Crippen LogP contribution < -0.4 is 0 Å². The van der Waals surface area contributed by atoms with Gasteiger partial charge in [-0.15, -0.1) is 0 Å². The van der Waals surface area contributed by atoms with Crippen LogP contribution in [0.4, 0.5) is 0 Å². The lowest BCUT2D eigenvalue weighted by Gasteiger charge is -2.18. The van der Waals surface area contributed by atoms with Crippen LogP contribution in [0.1, 0.15) is 34.1 Å². The third kappa shape index (κ3) is 8.87. The summed E-state index contributed by atoms with van der Waals surface area (Å²) < 4.78 is 20.3. The van der Waals surface area contributed by atoms with Crippen LogP contribution in [0.5, 0.6) is 0 Å². The van der Waals surface area contributed by atoms with Gasteiger partial charge in [0.15, 0.2) is 5.92 Å². The van der Waals surface area contributed by atoms with Crippen molar-refractivity contribution in [2.45, 2.75) is 46.3 Å². The quantitative estimate of drug-likeness (QED) is 0.345. The summed E-state index contributed by atoms with van der Waals surface area (Å²) in [4.78, 5) is 23.8. The first-order valence-corrected chi connectivity index (χ1v) is 6.86. The largest absolute Gasteiger partial charge is 0.462 e. The summed E-state index contributed by atoms with van der Waals surface area (Å²) in [6, 6.07) is 0. The Labute approximate surface area is 120 Å². The van der Waals surface area contributed by atoms with Gasteiger partial charge in [-0.3, -0.25) is 9.59 Å². The molecule has 0 aromatic heterocycles. The van der Waals surface area contributed by atoms with Gasteiger partial charge in [0.1, 0.15) is 0 Å². The molecule has 0 amide bonds. The average molecular weight is 290 g/mol. The second kappa shape index (κ2) is 10.6. The van der Waals surface area contributed by atoms with Crippen LogP contribution >= 0.6 is 0 Å². The normalized spacial score (nSPS) is 11.2. The molecule has 0 aliphatic heterocycles. The van der Waals surface area contributed by atoms with Crippen LogP contribution in [0.3, 0.4) is 0 Å². The van der Waals surface area contributed by atoms with E-state index in [9.17, 15) is 9.59 Å². The Morgan fingerprint density at radius 3 is 1.75 bits per heavy atom. The highest BCUT2D eigenvalue weighted by Gasteiger charge is 2.30. The second-order valence-corrected chi connectivity index (χ2v) is 4.92. The van der Waals surface area contributed by atoms with Gasteiger partial charge < -0.3 is 18.9 Å². The van der Waals surface area contributed by atoms with E-state index in [4.69, 9.17) is 18.9 Å². The highest BCUT2D eigenvalue weighted by atomic mass is 16.6. The highest BCUT2D eigenvalue weighted by molar-refractivity contribution is 5.95. The zero-order valence-electron chi connectivity index (χ0n) is 13.0. The van der Waals surface area contributed by atoms with Gasteiger partial charge in [-0.2, -0.15) is 0 Å². The van der Waals surface area contributed by atoms with Gasteiger partial charge in [-0.25, -0.2) is 0 Å². The number of hydrogen-bond donors (Lipinski definition) is 0. The molecule has 0 bridgehead atoms. The topological polar surface area (TPSA) is 71.1 Å². The molecule has 0 saturated carbocycles. The van der Waals surface area contributed by atoms with Crippen LogP contribution in [-0.4, -0.2) is 51.1 Å². The number of carbonyl (C=O) groups excluding carboxylic acids is 2. The highest BCUT2D eigenvalue weighted by Crippen LogP contribution is 2.12. The SMILES string of the molecule is COCCOCCC(C(=O)OC(C)C)C(=O)OC(C)C. The molecule has 0 saturated heterocycles. The summed E-state index contributed by atoms with van der Waals surface area (Å²) in [5.41, 5.74) is 0. The fourth-order valence-corrected chi connectivity index (χ4v) is 1.41. The van der Waals surface area contributed by atoms with Crippen LogP contribution in [0.25, 0.3) is 0 Å². The van der Waals surface area contributed by atoms with Gasteiger partial charge in [0.25, 0.3) is 0 Å². The predicted octanol–water partition coefficient (Wildman–Crippen LogP) is 1.56. The summed E-state index contributed by atoms with van der Waals surface area (Å²) in [5, 5.41) is 0. The van der Waals surface area contributed by atoms with Gasteiger partial charge >= 0.3 is 11.9 Å². The van der Waals surface area contributed by atoms with Crippen molar-refractivity contribution in [3.8, 4) is 0 Å². The molecule has 0 spiro atoms. The van der Waals surface area contributed by atoms with Crippen molar-refractivity contribution in [3.05, 3.63) is 0 Å². The molecule has 0 aromatic carbocycles. The van der Waals surface area contributed by atoms with E-state index >= 15 is 0 Å². The molecule has 0 fully saturated rings. The molecule has 0 aliphatic carbocycles. The molecule has 0 N–H and O–H groups in total. The fourth-order valence-electron chi connectivity index (χ4n) is 1.41. The molecule has 0 atom stereocenters. The van der Waals surface area contributed by atoms with Crippen molar-refractivity contribution in [3.63, 3.8) is 0 Å². The maximum Gasteiger partial charge on any atom is 0.320 e. The summed E-state index contributed by atoms with van der Waals surface area (Å²) in [5.74, 6) is -2.08. The lowest BCUT2D eigenvalue weighted by molar-refractivity contribution is -0.167. The minimum atomic E-state index is -0.942. The number of carbonyl (C=O) groups is 2. The molecule has 0 unspecified atom stereocenters. The van der Waals surface area contributed by atoms with Crippen molar-refractivity contribution in [2.24, 2.45) is 5.92 Å². The van der Waals surface area contributed by atoms with Gasteiger partial charge in [-0.05, 0) is 34.1 Å². The lowest BCUT2D eigenvalue weighted by atomic mass is 10.1. The number of rotatable bonds is 10. The van der Waals surface area contributed by atoms with Crippen molar-refractivity contribution >= 4 is 11.9 Å². The first-order valence-electron chi connectivity index (χ1n) is 6.86. The van der Waals surface area contributed by atoms with Crippen molar-refractivity contribution in [1.82, 2.24) is 0 Å². The summed E-state index contributed by atoms with van der Waals surface area (Å²) in [7, 11) is 1.58. The van der Waals surface area contributed by atoms with E-state index in [0.717, 1.165) is 0 Å². The van der Waals surface area contributed by atoms with E-state index in [1.54, 1.807) is 34.8 Å². The molecular formula is C14H26O6. The van der Waals surface area contributed by atoms with E-state index in [0.29, 0.717) is 13.2 Å². The third-order valence-corrected chi connectivity index (χ3v) is 2.26. The molecule has 118 valence electrons. The second-order valence-electron chi connectivity index (χ2n) is 4.92. The predicted molar refractivity (Wildman–Crippen MR) is 73.3 cm³/mol. The van der Waals surface area contributed by atoms with Gasteiger partial charge in [-0.1, -0.05) is 0 Å². The Morgan fingerprint density at radius 2 is 1.35 bits per heavy atom. The van der Waals surface area contributed by atoms with Crippen LogP contribution in [0, 0.1) is 5.92 Å². The van der Waals surface area contributed by atoms with Gasteiger partial charge in [0.05, 0.1) is 25.4 Å². The zero-order chi connectivity index (χ0) is 15.5. The molecule has 0 radical (unpaired) electrons. The van der Waals surface area contributed by atoms with Crippen molar-refractivity contribution < 1.29 is 28.5 Å². The van der Waals surface area contributed by atoms with Gasteiger partial charge in [0.2, 0.25) is 0 Å². The van der Waals surface area contributed by atoms with E-state index < -0.39 is 17.9 Å². The molecule has 20 heavy (non-hydrogen) atoms. The monoisotopic (exact) mass is 290 g/mol. The Hall–Kier alpha value is -1.14. The minimum Gasteiger partial charge on any atom is -0.462 e. The minimum absolute atomic E-state index is 0.237. The Kier molecular flexibility index (Phi) is 10.0. The molecular weight excluding hydrogens is 264 g/mol. The van der Waals surface area contributed by atoms with E-state index in [2.05, 4.69) is 0 Å². The molecule has 0 heterocycles. The molecule has 0 rings (SSSR count). The smallest absolute Gasteiger partial charge is 0.320 e. The maximum absolute atomic E-state index is 11.9. The molecule has 6 nitrogen and oxygen atoms in total. The summed E-state index contributed by atoms with van der Waals surface area (Å²) in [6.45, 7) is 8.10. The summed E-state index contributed by atoms with van der Waals surface area (Å²) in [6.07, 6.45) is -0.307. The molecule has 6 heteroatoms. The zero-order valence-corrected chi connectivity index (χ0v) is 13.0. The Balaban J connectivity index is 4.38. The average Bonchev–Trinajstić information content (AvgIpc) is 2.31.